The minimum atomic E-state index is -0.849. The van der Waals surface area contributed by atoms with Crippen molar-refractivity contribution in [1.29, 1.82) is 5.41 Å². The molecule has 17 heteroatoms. The average Bonchev–Trinajstić information content (AvgIpc) is 3.02. The van der Waals surface area contributed by atoms with Crippen LogP contribution in [0.3, 0.4) is 0 Å². The first-order valence-electron chi connectivity index (χ1n) is 16.1. The van der Waals surface area contributed by atoms with Crippen molar-refractivity contribution in [2.45, 2.75) is 92.3 Å². The average molecular weight is 798 g/mol. The quantitative estimate of drug-likeness (QED) is 0.0608. The lowest BCUT2D eigenvalue weighted by Crippen LogP contribution is -2.43. The largest absolute Gasteiger partial charge is 0.460 e. The molecule has 0 aromatic heterocycles. The number of Topliss-reactive ketones (excluding diaryl/α,β-unsaturated/α-hetero) is 2. The number of alkyl halides is 1. The molecule has 2 rings (SSSR count). The first kappa shape index (κ1) is 46.2. The molecule has 3 N–H and O–H groups in total. The molecule has 0 aromatic carbocycles. The Morgan fingerprint density at radius 1 is 0.755 bits per heavy atom. The maximum Gasteiger partial charge on any atom is 0.410 e. The van der Waals surface area contributed by atoms with Crippen molar-refractivity contribution in [3.05, 3.63) is 0 Å². The van der Waals surface area contributed by atoms with Crippen LogP contribution in [-0.4, -0.2) is 117 Å². The smallest absolute Gasteiger partial charge is 0.410 e. The molecule has 0 radical (unpaired) electrons. The molecular weight excluding hydrogens is 744 g/mol. The molecule has 2 aliphatic rings. The van der Waals surface area contributed by atoms with Gasteiger partial charge in [-0.15, -0.1) is 11.8 Å². The van der Waals surface area contributed by atoms with Crippen LogP contribution in [0.15, 0.2) is 0 Å². The number of ketones is 2. The molecular formula is C32H53BrN4O10S2. The lowest BCUT2D eigenvalue weighted by atomic mass is 9.97. The summed E-state index contributed by atoms with van der Waals surface area (Å²) in [6, 6.07) is 0. The van der Waals surface area contributed by atoms with Gasteiger partial charge in [0.15, 0.2) is 0 Å². The van der Waals surface area contributed by atoms with Gasteiger partial charge in [0.05, 0.1) is 34.3 Å². The first-order valence-corrected chi connectivity index (χ1v) is 18.6. The molecule has 2 saturated heterocycles. The van der Waals surface area contributed by atoms with Crippen molar-refractivity contribution in [3.8, 4) is 0 Å². The number of carbonyl (C=O) groups excluding carboxylic acids is 6. The summed E-state index contributed by atoms with van der Waals surface area (Å²) in [6.07, 6.45) is 2.41. The summed E-state index contributed by atoms with van der Waals surface area (Å²) in [5, 5.41) is 8.47. The molecule has 2 amide bonds. The van der Waals surface area contributed by atoms with Gasteiger partial charge in [-0.1, -0.05) is 28.1 Å². The highest BCUT2D eigenvalue weighted by Crippen LogP contribution is 2.25. The SMILES string of the molecule is CC(C)(C)OC(=O)N1CCC(C(N)=S)CC1.CCOC(=O)C(=O)CBr.CCOC(=O)C(=O)CSC(=N)C1CCN(C(=O)OC(C)(C)C)CC1. The topological polar surface area (TPSA) is 196 Å². The van der Waals surface area contributed by atoms with Gasteiger partial charge in [0.2, 0.25) is 11.6 Å². The summed E-state index contributed by atoms with van der Waals surface area (Å²) in [6.45, 7) is 17.2. The van der Waals surface area contributed by atoms with Crippen LogP contribution >= 0.6 is 39.9 Å². The van der Waals surface area contributed by atoms with Gasteiger partial charge >= 0.3 is 24.1 Å². The lowest BCUT2D eigenvalue weighted by molar-refractivity contribution is -0.152. The van der Waals surface area contributed by atoms with Crippen LogP contribution in [0, 0.1) is 17.2 Å². The Morgan fingerprint density at radius 2 is 1.12 bits per heavy atom. The highest BCUT2D eigenvalue weighted by Gasteiger charge is 2.30. The van der Waals surface area contributed by atoms with E-state index in [0.29, 0.717) is 49.1 Å². The summed E-state index contributed by atoms with van der Waals surface area (Å²) in [5.41, 5.74) is 4.63. The Kier molecular flexibility index (Phi) is 21.5. The number of rotatable bonds is 9. The maximum atomic E-state index is 12.0. The van der Waals surface area contributed by atoms with Crippen molar-refractivity contribution in [2.75, 3.05) is 50.5 Å². The normalized spacial score (nSPS) is 15.3. The molecule has 0 aliphatic carbocycles. The summed E-state index contributed by atoms with van der Waals surface area (Å²) in [5.74, 6) is -2.59. The van der Waals surface area contributed by atoms with Gasteiger partial charge in [-0.05, 0) is 81.1 Å². The van der Waals surface area contributed by atoms with Gasteiger partial charge in [0, 0.05) is 38.0 Å². The number of thiocarbonyl (C=S) groups is 1. The third-order valence-corrected chi connectivity index (χ3v) is 8.45. The molecule has 2 heterocycles. The number of nitrogens with zero attached hydrogens (tertiary/aromatic N) is 2. The number of ether oxygens (including phenoxy) is 4. The van der Waals surface area contributed by atoms with Crippen molar-refractivity contribution in [1.82, 2.24) is 9.80 Å². The Hall–Kier alpha value is -2.79. The highest BCUT2D eigenvalue weighted by atomic mass is 79.9. The van der Waals surface area contributed by atoms with Crippen LogP contribution in [-0.2, 0) is 38.1 Å². The van der Waals surface area contributed by atoms with E-state index in [1.54, 1.807) is 23.6 Å². The molecule has 0 aromatic rings. The summed E-state index contributed by atoms with van der Waals surface area (Å²) in [7, 11) is 0. The van der Waals surface area contributed by atoms with E-state index in [4.69, 9.17) is 32.8 Å². The van der Waals surface area contributed by atoms with E-state index in [0.717, 1.165) is 24.6 Å². The third-order valence-electron chi connectivity index (χ3n) is 6.55. The molecule has 280 valence electrons. The number of thioether (sulfide) groups is 1. The number of likely N-dealkylation sites (tertiary alicyclic amines) is 2. The fourth-order valence-electron chi connectivity index (χ4n) is 4.12. The van der Waals surface area contributed by atoms with Gasteiger partial charge in [0.1, 0.15) is 11.2 Å². The number of piperidine rings is 2. The van der Waals surface area contributed by atoms with Gasteiger partial charge in [-0.25, -0.2) is 19.2 Å². The van der Waals surface area contributed by atoms with Crippen LogP contribution in [0.1, 0.15) is 81.1 Å². The third kappa shape index (κ3) is 20.5. The number of halogens is 1. The summed E-state index contributed by atoms with van der Waals surface area (Å²) in [4.78, 5) is 71.2. The number of amides is 2. The van der Waals surface area contributed by atoms with E-state index in [2.05, 4.69) is 25.4 Å². The molecule has 2 aliphatic heterocycles. The lowest BCUT2D eigenvalue weighted by Gasteiger charge is -2.33. The van der Waals surface area contributed by atoms with Crippen LogP contribution in [0.25, 0.3) is 0 Å². The van der Waals surface area contributed by atoms with Gasteiger partial charge in [0.25, 0.3) is 0 Å². The second-order valence-corrected chi connectivity index (χ2v) is 15.0. The number of nitrogens with two attached hydrogens (primary N) is 1. The molecule has 0 spiro atoms. The Morgan fingerprint density at radius 3 is 1.45 bits per heavy atom. The van der Waals surface area contributed by atoms with E-state index in [9.17, 15) is 28.8 Å². The zero-order valence-electron chi connectivity index (χ0n) is 29.9. The predicted molar refractivity (Wildman–Crippen MR) is 195 cm³/mol. The molecule has 0 saturated carbocycles. The summed E-state index contributed by atoms with van der Waals surface area (Å²) >= 11 is 8.85. The van der Waals surface area contributed by atoms with Gasteiger partial charge < -0.3 is 34.5 Å². The van der Waals surface area contributed by atoms with Crippen molar-refractivity contribution in [3.63, 3.8) is 0 Å². The number of nitrogens with one attached hydrogen (secondary N) is 1. The summed E-state index contributed by atoms with van der Waals surface area (Å²) < 4.78 is 19.6. The number of hydrogen-bond donors (Lipinski definition) is 2. The van der Waals surface area contributed by atoms with Crippen molar-refractivity contribution < 1.29 is 47.7 Å². The fourth-order valence-corrected chi connectivity index (χ4v) is 5.46. The fraction of sp³-hybridized carbons (Fsp3) is 0.750. The second-order valence-electron chi connectivity index (χ2n) is 13.0. The standard InChI is InChI=1S/C16H26N2O5S.C11H20N2O2S.C5H7BrO3/c1-5-22-14(20)12(19)10-24-13(17)11-6-8-18(9-7-11)15(21)23-16(2,3)4;1-11(2,3)15-10(14)13-6-4-8(5-7-13)9(12)16;1-2-9-5(8)4(7)3-6/h11,17H,5-10H2,1-4H3;8H,4-7H2,1-3H3,(H2,12,16);2-3H2,1H3. The number of hydrogen-bond acceptors (Lipinski definition) is 13. The van der Waals surface area contributed by atoms with E-state index in [1.807, 2.05) is 41.5 Å². The number of esters is 2. The molecule has 0 atom stereocenters. The van der Waals surface area contributed by atoms with Crippen LogP contribution in [0.4, 0.5) is 9.59 Å². The zero-order chi connectivity index (χ0) is 37.9. The van der Waals surface area contributed by atoms with Crippen LogP contribution < -0.4 is 5.73 Å². The van der Waals surface area contributed by atoms with Crippen LogP contribution in [0.5, 0.6) is 0 Å². The van der Waals surface area contributed by atoms with Crippen molar-refractivity contribution in [2.24, 2.45) is 17.6 Å². The van der Waals surface area contributed by atoms with Gasteiger partial charge in [-0.3, -0.25) is 15.0 Å². The molecule has 0 bridgehead atoms. The molecule has 14 nitrogen and oxygen atoms in total. The van der Waals surface area contributed by atoms with Crippen molar-refractivity contribution >= 4 is 85.6 Å². The van der Waals surface area contributed by atoms with E-state index in [1.165, 1.54) is 0 Å². The highest BCUT2D eigenvalue weighted by molar-refractivity contribution is 9.09. The number of carbonyl (C=O) groups is 6. The van der Waals surface area contributed by atoms with E-state index >= 15 is 0 Å². The van der Waals surface area contributed by atoms with Crippen LogP contribution in [0.2, 0.25) is 0 Å². The Labute approximate surface area is 307 Å². The molecule has 0 unspecified atom stereocenters. The van der Waals surface area contributed by atoms with E-state index < -0.39 is 34.7 Å². The molecule has 49 heavy (non-hydrogen) atoms. The Bertz CT molecular complexity index is 1160. The van der Waals surface area contributed by atoms with E-state index in [-0.39, 0.29) is 48.3 Å². The minimum Gasteiger partial charge on any atom is -0.460 e. The minimum absolute atomic E-state index is 0.00341. The van der Waals surface area contributed by atoms with Gasteiger partial charge in [-0.2, -0.15) is 0 Å². The second kappa shape index (κ2) is 22.8. The monoisotopic (exact) mass is 796 g/mol. The zero-order valence-corrected chi connectivity index (χ0v) is 33.1. The first-order chi connectivity index (χ1) is 22.6. The predicted octanol–water partition coefficient (Wildman–Crippen LogP) is 4.91. The Balaban J connectivity index is 0.000000790. The maximum absolute atomic E-state index is 12.0. The molecule has 2 fully saturated rings.